The van der Waals surface area contributed by atoms with E-state index in [0.29, 0.717) is 10.9 Å². The lowest BCUT2D eigenvalue weighted by molar-refractivity contribution is -0.210. The molecule has 114 valence electrons. The van der Waals surface area contributed by atoms with Crippen LogP contribution in [0.1, 0.15) is 18.5 Å². The second-order valence-electron chi connectivity index (χ2n) is 4.86. The summed E-state index contributed by atoms with van der Waals surface area (Å²) in [6.07, 6.45) is -7.24. The van der Waals surface area contributed by atoms with Crippen LogP contribution in [0.3, 0.4) is 0 Å². The standard InChI is InChI=1S/C15H16F3NO2/c1-9(19)11-7-6-10-4-2-3-5-12(10)14(11)21-8-13(20)15(16,17)18/h2-7,9,13,20H,8,19H2,1H3. The van der Waals surface area contributed by atoms with Crippen LogP contribution in [0.4, 0.5) is 13.2 Å². The molecule has 0 bridgehead atoms. The summed E-state index contributed by atoms with van der Waals surface area (Å²) < 4.78 is 42.4. The summed E-state index contributed by atoms with van der Waals surface area (Å²) in [4.78, 5) is 0. The number of benzene rings is 2. The van der Waals surface area contributed by atoms with Crippen LogP contribution in [0.5, 0.6) is 5.75 Å². The van der Waals surface area contributed by atoms with E-state index in [4.69, 9.17) is 15.6 Å². The Labute approximate surface area is 120 Å². The van der Waals surface area contributed by atoms with Crippen LogP contribution >= 0.6 is 0 Å². The van der Waals surface area contributed by atoms with Crippen LogP contribution in [-0.4, -0.2) is 24.0 Å². The Kier molecular flexibility index (Phi) is 4.39. The van der Waals surface area contributed by atoms with Gasteiger partial charge in [-0.15, -0.1) is 0 Å². The first-order valence-corrected chi connectivity index (χ1v) is 6.45. The van der Waals surface area contributed by atoms with E-state index in [-0.39, 0.29) is 5.75 Å². The van der Waals surface area contributed by atoms with Gasteiger partial charge in [-0.3, -0.25) is 0 Å². The Morgan fingerprint density at radius 1 is 1.19 bits per heavy atom. The number of aliphatic hydroxyl groups excluding tert-OH is 1. The number of hydrogen-bond donors (Lipinski definition) is 2. The van der Waals surface area contributed by atoms with Crippen LogP contribution in [0.15, 0.2) is 36.4 Å². The molecule has 0 amide bonds. The summed E-state index contributed by atoms with van der Waals surface area (Å²) in [5.41, 5.74) is 6.43. The maximum absolute atomic E-state index is 12.4. The SMILES string of the molecule is CC(N)c1ccc2ccccc2c1OCC(O)C(F)(F)F. The fourth-order valence-corrected chi connectivity index (χ4v) is 2.04. The average Bonchev–Trinajstić information content (AvgIpc) is 2.42. The van der Waals surface area contributed by atoms with E-state index >= 15 is 0 Å². The highest BCUT2D eigenvalue weighted by atomic mass is 19.4. The molecule has 2 aromatic rings. The summed E-state index contributed by atoms with van der Waals surface area (Å²) in [5, 5.41) is 10.6. The molecule has 0 radical (unpaired) electrons. The van der Waals surface area contributed by atoms with Gasteiger partial charge in [0.1, 0.15) is 12.4 Å². The predicted molar refractivity (Wildman–Crippen MR) is 74.1 cm³/mol. The number of rotatable bonds is 4. The first kappa shape index (κ1) is 15.6. The molecule has 3 N–H and O–H groups in total. The quantitative estimate of drug-likeness (QED) is 0.911. The normalized spacial score (nSPS) is 15.0. The van der Waals surface area contributed by atoms with Gasteiger partial charge in [-0.05, 0) is 12.3 Å². The van der Waals surface area contributed by atoms with Gasteiger partial charge < -0.3 is 15.6 Å². The minimum Gasteiger partial charge on any atom is -0.490 e. The molecule has 6 heteroatoms. The zero-order valence-corrected chi connectivity index (χ0v) is 11.4. The molecular formula is C15H16F3NO2. The third kappa shape index (κ3) is 3.46. The van der Waals surface area contributed by atoms with Gasteiger partial charge in [-0.2, -0.15) is 13.2 Å². The van der Waals surface area contributed by atoms with Crippen molar-refractivity contribution in [3.8, 4) is 5.75 Å². The van der Waals surface area contributed by atoms with Crippen LogP contribution in [0.2, 0.25) is 0 Å². The molecule has 0 heterocycles. The topological polar surface area (TPSA) is 55.5 Å². The van der Waals surface area contributed by atoms with Gasteiger partial charge in [0, 0.05) is 17.0 Å². The minimum absolute atomic E-state index is 0.284. The van der Waals surface area contributed by atoms with E-state index < -0.39 is 24.9 Å². The highest BCUT2D eigenvalue weighted by molar-refractivity contribution is 5.89. The zero-order valence-electron chi connectivity index (χ0n) is 11.4. The summed E-state index contributed by atoms with van der Waals surface area (Å²) >= 11 is 0. The molecular weight excluding hydrogens is 283 g/mol. The Balaban J connectivity index is 2.38. The van der Waals surface area contributed by atoms with Gasteiger partial charge in [0.2, 0.25) is 0 Å². The number of ether oxygens (including phenoxy) is 1. The van der Waals surface area contributed by atoms with Crippen molar-refractivity contribution < 1.29 is 23.0 Å². The molecule has 0 saturated heterocycles. The molecule has 0 aliphatic heterocycles. The lowest BCUT2D eigenvalue weighted by Crippen LogP contribution is -2.34. The van der Waals surface area contributed by atoms with Crippen molar-refractivity contribution in [1.82, 2.24) is 0 Å². The van der Waals surface area contributed by atoms with E-state index in [9.17, 15) is 13.2 Å². The number of halogens is 3. The molecule has 0 saturated carbocycles. The zero-order chi connectivity index (χ0) is 15.6. The Bertz CT molecular complexity index is 626. The molecule has 21 heavy (non-hydrogen) atoms. The van der Waals surface area contributed by atoms with Gasteiger partial charge in [0.25, 0.3) is 0 Å². The van der Waals surface area contributed by atoms with E-state index in [0.717, 1.165) is 5.39 Å². The van der Waals surface area contributed by atoms with E-state index in [1.165, 1.54) is 0 Å². The minimum atomic E-state index is -4.71. The first-order valence-electron chi connectivity index (χ1n) is 6.45. The molecule has 0 spiro atoms. The lowest BCUT2D eigenvalue weighted by Gasteiger charge is -2.20. The van der Waals surface area contributed by atoms with Crippen molar-refractivity contribution >= 4 is 10.8 Å². The predicted octanol–water partition coefficient (Wildman–Crippen LogP) is 3.16. The summed E-state index contributed by atoms with van der Waals surface area (Å²) in [6, 6.07) is 10.3. The Morgan fingerprint density at radius 3 is 2.48 bits per heavy atom. The summed E-state index contributed by atoms with van der Waals surface area (Å²) in [6.45, 7) is 0.856. The van der Waals surface area contributed by atoms with Gasteiger partial charge in [-0.25, -0.2) is 0 Å². The molecule has 2 rings (SSSR count). The molecule has 3 nitrogen and oxygen atoms in total. The molecule has 0 aliphatic rings. The van der Waals surface area contributed by atoms with Gasteiger partial charge in [0.15, 0.2) is 6.10 Å². The molecule has 2 atom stereocenters. The van der Waals surface area contributed by atoms with Crippen molar-refractivity contribution in [2.24, 2.45) is 5.73 Å². The molecule has 0 fully saturated rings. The van der Waals surface area contributed by atoms with Crippen molar-refractivity contribution in [1.29, 1.82) is 0 Å². The third-order valence-electron chi connectivity index (χ3n) is 3.16. The maximum Gasteiger partial charge on any atom is 0.417 e. The van der Waals surface area contributed by atoms with E-state index in [1.54, 1.807) is 25.1 Å². The average molecular weight is 299 g/mol. The van der Waals surface area contributed by atoms with E-state index in [1.807, 2.05) is 18.2 Å². The highest BCUT2D eigenvalue weighted by Crippen LogP contribution is 2.33. The van der Waals surface area contributed by atoms with Crippen molar-refractivity contribution in [2.75, 3.05) is 6.61 Å². The van der Waals surface area contributed by atoms with Crippen molar-refractivity contribution in [3.05, 3.63) is 42.0 Å². The van der Waals surface area contributed by atoms with Crippen LogP contribution in [0, 0.1) is 0 Å². The molecule has 2 unspecified atom stereocenters. The second kappa shape index (κ2) is 5.91. The van der Waals surface area contributed by atoms with Crippen molar-refractivity contribution in [2.45, 2.75) is 25.2 Å². The molecule has 2 aromatic carbocycles. The first-order chi connectivity index (χ1) is 9.80. The van der Waals surface area contributed by atoms with Crippen LogP contribution in [-0.2, 0) is 0 Å². The third-order valence-corrected chi connectivity index (χ3v) is 3.16. The smallest absolute Gasteiger partial charge is 0.417 e. The van der Waals surface area contributed by atoms with Gasteiger partial charge in [-0.1, -0.05) is 36.4 Å². The molecule has 0 aromatic heterocycles. The fourth-order valence-electron chi connectivity index (χ4n) is 2.04. The highest BCUT2D eigenvalue weighted by Gasteiger charge is 2.39. The lowest BCUT2D eigenvalue weighted by atomic mass is 10.0. The van der Waals surface area contributed by atoms with Crippen LogP contribution in [0.25, 0.3) is 10.8 Å². The largest absolute Gasteiger partial charge is 0.490 e. The number of alkyl halides is 3. The monoisotopic (exact) mass is 299 g/mol. The second-order valence-corrected chi connectivity index (χ2v) is 4.86. The van der Waals surface area contributed by atoms with Gasteiger partial charge in [0.05, 0.1) is 0 Å². The van der Waals surface area contributed by atoms with Gasteiger partial charge >= 0.3 is 6.18 Å². The number of nitrogens with two attached hydrogens (primary N) is 1. The van der Waals surface area contributed by atoms with E-state index in [2.05, 4.69) is 0 Å². The number of hydrogen-bond acceptors (Lipinski definition) is 3. The van der Waals surface area contributed by atoms with Crippen LogP contribution < -0.4 is 10.5 Å². The molecule has 0 aliphatic carbocycles. The van der Waals surface area contributed by atoms with Crippen molar-refractivity contribution in [3.63, 3.8) is 0 Å². The maximum atomic E-state index is 12.4. The summed E-state index contributed by atoms with van der Waals surface area (Å²) in [5.74, 6) is 0.284. The fraction of sp³-hybridized carbons (Fsp3) is 0.333. The summed E-state index contributed by atoms with van der Waals surface area (Å²) in [7, 11) is 0. The number of aliphatic hydroxyl groups is 1. The Morgan fingerprint density at radius 2 is 1.86 bits per heavy atom. The number of fused-ring (bicyclic) bond motifs is 1. The Hall–Kier alpha value is -1.79.